The van der Waals surface area contributed by atoms with Crippen molar-refractivity contribution < 1.29 is 89.4 Å². The molecule has 75 heavy (non-hydrogen) atoms. The van der Waals surface area contributed by atoms with Gasteiger partial charge in [0.25, 0.3) is 0 Å². The number of amides is 1. The minimum absolute atomic E-state index is 0.237. The standard InChI is InChI=1S/C56H105NO18/c1-3-5-7-9-10-11-12-13-14-15-16-17-18-19-20-21-22-23-24-25-26-27-28-29-30-31-33-40(61)39(57-44(62)34-32-8-6-4-2)38-70-54-50(68)47(65)52(42(36-59)72-54)75-56-51(69)48(66)53(43(37-60)73-56)74-55-49(67)46(64)45(63)41(35-58)71-55/h31,33,39-43,45-56,58-61,63-69H,3-30,32,34-38H2,1-2H3,(H,57,62)/b33-31+. The lowest BCUT2D eigenvalue weighted by Gasteiger charge is -2.48. The van der Waals surface area contributed by atoms with Crippen LogP contribution in [0.4, 0.5) is 0 Å². The minimum atomic E-state index is -1.97. The molecule has 0 aromatic heterocycles. The van der Waals surface area contributed by atoms with Gasteiger partial charge in [0.15, 0.2) is 18.9 Å². The fourth-order valence-corrected chi connectivity index (χ4v) is 10.2. The molecule has 0 spiro atoms. The summed E-state index contributed by atoms with van der Waals surface area (Å²) < 4.78 is 34.0. The fourth-order valence-electron chi connectivity index (χ4n) is 10.2. The summed E-state index contributed by atoms with van der Waals surface area (Å²) in [5, 5.41) is 119. The van der Waals surface area contributed by atoms with Gasteiger partial charge in [-0.15, -0.1) is 0 Å². The van der Waals surface area contributed by atoms with Crippen LogP contribution in [0.25, 0.3) is 0 Å². The lowest BCUT2D eigenvalue weighted by Crippen LogP contribution is -2.66. The molecule has 3 aliphatic heterocycles. The molecular weight excluding hydrogens is 975 g/mol. The van der Waals surface area contributed by atoms with E-state index in [1.807, 2.05) is 6.08 Å². The maximum absolute atomic E-state index is 13.0. The first-order valence-electron chi connectivity index (χ1n) is 29.4. The van der Waals surface area contributed by atoms with Crippen LogP contribution in [-0.2, 0) is 33.2 Å². The first-order valence-corrected chi connectivity index (χ1v) is 29.4. The van der Waals surface area contributed by atoms with Crippen molar-refractivity contribution in [2.75, 3.05) is 26.4 Å². The van der Waals surface area contributed by atoms with Crippen molar-refractivity contribution in [3.8, 4) is 0 Å². The Kier molecular flexibility index (Phi) is 36.8. The molecule has 0 aliphatic carbocycles. The van der Waals surface area contributed by atoms with Crippen molar-refractivity contribution in [2.24, 2.45) is 0 Å². The Labute approximate surface area is 448 Å². The maximum atomic E-state index is 13.0. The van der Waals surface area contributed by atoms with Crippen LogP contribution in [0.2, 0.25) is 0 Å². The molecule has 442 valence electrons. The molecule has 0 bridgehead atoms. The van der Waals surface area contributed by atoms with E-state index in [0.29, 0.717) is 6.42 Å². The van der Waals surface area contributed by atoms with Gasteiger partial charge in [0.2, 0.25) is 5.91 Å². The zero-order chi connectivity index (χ0) is 54.8. The Balaban J connectivity index is 1.38. The van der Waals surface area contributed by atoms with Gasteiger partial charge >= 0.3 is 0 Å². The summed E-state index contributed by atoms with van der Waals surface area (Å²) in [5.41, 5.74) is 0. The summed E-state index contributed by atoms with van der Waals surface area (Å²) >= 11 is 0. The van der Waals surface area contributed by atoms with Gasteiger partial charge in [-0.05, 0) is 19.3 Å². The second-order valence-corrected chi connectivity index (χ2v) is 21.5. The number of nitrogens with one attached hydrogen (secondary N) is 1. The van der Waals surface area contributed by atoms with Crippen molar-refractivity contribution >= 4 is 5.91 Å². The van der Waals surface area contributed by atoms with Crippen LogP contribution in [0.5, 0.6) is 0 Å². The average molecular weight is 1080 g/mol. The number of carbonyl (C=O) groups is 1. The maximum Gasteiger partial charge on any atom is 0.220 e. The van der Waals surface area contributed by atoms with E-state index >= 15 is 0 Å². The van der Waals surface area contributed by atoms with Crippen LogP contribution >= 0.6 is 0 Å². The highest BCUT2D eigenvalue weighted by molar-refractivity contribution is 5.76. The summed E-state index contributed by atoms with van der Waals surface area (Å²) in [6, 6.07) is -0.963. The predicted molar refractivity (Wildman–Crippen MR) is 282 cm³/mol. The van der Waals surface area contributed by atoms with Crippen LogP contribution in [0.3, 0.4) is 0 Å². The number of unbranched alkanes of at least 4 members (excludes halogenated alkanes) is 27. The van der Waals surface area contributed by atoms with Crippen molar-refractivity contribution in [3.63, 3.8) is 0 Å². The third-order valence-electron chi connectivity index (χ3n) is 15.1. The molecule has 3 heterocycles. The van der Waals surface area contributed by atoms with Crippen LogP contribution < -0.4 is 5.32 Å². The van der Waals surface area contributed by atoms with Gasteiger partial charge < -0.3 is 89.9 Å². The van der Waals surface area contributed by atoms with Crippen molar-refractivity contribution in [2.45, 2.75) is 311 Å². The normalized spacial score (nSPS) is 31.2. The quantitative estimate of drug-likeness (QED) is 0.0293. The second kappa shape index (κ2) is 40.7. The second-order valence-electron chi connectivity index (χ2n) is 21.5. The largest absolute Gasteiger partial charge is 0.394 e. The predicted octanol–water partition coefficient (Wildman–Crippen LogP) is 4.60. The number of rotatable bonds is 43. The molecule has 3 saturated heterocycles. The molecule has 3 aliphatic rings. The molecule has 1 amide bonds. The Morgan fingerprint density at radius 2 is 0.827 bits per heavy atom. The van der Waals surface area contributed by atoms with E-state index in [2.05, 4.69) is 19.2 Å². The molecular formula is C56H105NO18. The van der Waals surface area contributed by atoms with Gasteiger partial charge in [-0.3, -0.25) is 4.79 Å². The number of hydrogen-bond acceptors (Lipinski definition) is 18. The highest BCUT2D eigenvalue weighted by atomic mass is 16.8. The summed E-state index contributed by atoms with van der Waals surface area (Å²) in [4.78, 5) is 13.0. The van der Waals surface area contributed by atoms with Crippen LogP contribution in [0.15, 0.2) is 12.2 Å². The van der Waals surface area contributed by atoms with Crippen molar-refractivity contribution in [1.29, 1.82) is 0 Å². The van der Waals surface area contributed by atoms with Gasteiger partial charge in [0.1, 0.15) is 73.2 Å². The number of carbonyl (C=O) groups excluding carboxylic acids is 1. The Bertz CT molecular complexity index is 1430. The van der Waals surface area contributed by atoms with Gasteiger partial charge in [0.05, 0.1) is 38.6 Å². The molecule has 0 saturated carbocycles. The highest BCUT2D eigenvalue weighted by Crippen LogP contribution is 2.33. The number of hydrogen-bond donors (Lipinski definition) is 12. The molecule has 3 fully saturated rings. The third-order valence-corrected chi connectivity index (χ3v) is 15.1. The van der Waals surface area contributed by atoms with E-state index in [4.69, 9.17) is 28.4 Å². The van der Waals surface area contributed by atoms with Crippen LogP contribution in [0.1, 0.15) is 206 Å². The summed E-state index contributed by atoms with van der Waals surface area (Å²) in [6.07, 6.45) is 13.1. The van der Waals surface area contributed by atoms with Gasteiger partial charge in [-0.25, -0.2) is 0 Å². The fraction of sp³-hybridized carbons (Fsp3) is 0.946. The Morgan fingerprint density at radius 1 is 0.467 bits per heavy atom. The molecule has 19 nitrogen and oxygen atoms in total. The first-order chi connectivity index (χ1) is 36.3. The molecule has 0 aromatic carbocycles. The van der Waals surface area contributed by atoms with E-state index in [1.54, 1.807) is 6.08 Å². The van der Waals surface area contributed by atoms with Gasteiger partial charge in [-0.2, -0.15) is 0 Å². The molecule has 17 atom stereocenters. The molecule has 0 aromatic rings. The molecule has 19 heteroatoms. The lowest BCUT2D eigenvalue weighted by molar-refractivity contribution is -0.379. The summed E-state index contributed by atoms with van der Waals surface area (Å²) in [5.74, 6) is -0.292. The van der Waals surface area contributed by atoms with Gasteiger partial charge in [0, 0.05) is 6.42 Å². The van der Waals surface area contributed by atoms with Crippen molar-refractivity contribution in [3.05, 3.63) is 12.2 Å². The minimum Gasteiger partial charge on any atom is -0.394 e. The SMILES string of the molecule is CCCCCCCCCCCCCCCCCCCCCCCCCC/C=C/C(O)C(COC1OC(CO)C(OC2OC(CO)C(OC3OC(CO)C(O)C(O)C3O)C(O)C2O)C(O)C1O)NC(=O)CCCCCC. The molecule has 3 rings (SSSR count). The Hall–Kier alpha value is -1.47. The molecule has 0 radical (unpaired) electrons. The van der Waals surface area contributed by atoms with E-state index in [-0.39, 0.29) is 18.9 Å². The zero-order valence-corrected chi connectivity index (χ0v) is 45.8. The topological polar surface area (TPSA) is 307 Å². The zero-order valence-electron chi connectivity index (χ0n) is 45.8. The van der Waals surface area contributed by atoms with Gasteiger partial charge in [-0.1, -0.05) is 193 Å². The first kappa shape index (κ1) is 67.8. The summed E-state index contributed by atoms with van der Waals surface area (Å²) in [6.45, 7) is 1.58. The lowest BCUT2D eigenvalue weighted by atomic mass is 9.96. The monoisotopic (exact) mass is 1080 g/mol. The molecule has 12 N–H and O–H groups in total. The van der Waals surface area contributed by atoms with Crippen LogP contribution in [-0.4, -0.2) is 193 Å². The Morgan fingerprint density at radius 3 is 1.25 bits per heavy atom. The summed E-state index contributed by atoms with van der Waals surface area (Å²) in [7, 11) is 0. The van der Waals surface area contributed by atoms with E-state index < -0.39 is 124 Å². The number of allylic oxidation sites excluding steroid dienone is 1. The van der Waals surface area contributed by atoms with E-state index in [9.17, 15) is 61.0 Å². The number of ether oxygens (including phenoxy) is 6. The van der Waals surface area contributed by atoms with Crippen molar-refractivity contribution in [1.82, 2.24) is 5.32 Å². The number of aliphatic hydroxyl groups is 11. The third kappa shape index (κ3) is 25.3. The molecule has 17 unspecified atom stereocenters. The van der Waals surface area contributed by atoms with E-state index in [0.717, 1.165) is 44.9 Å². The average Bonchev–Trinajstić information content (AvgIpc) is 3.41. The highest BCUT2D eigenvalue weighted by Gasteiger charge is 2.53. The smallest absolute Gasteiger partial charge is 0.220 e. The van der Waals surface area contributed by atoms with Crippen LogP contribution in [0, 0.1) is 0 Å². The van der Waals surface area contributed by atoms with E-state index in [1.165, 1.54) is 135 Å². The number of aliphatic hydroxyl groups excluding tert-OH is 11.